The Morgan fingerprint density at radius 3 is 2.92 bits per heavy atom. The van der Waals surface area contributed by atoms with Gasteiger partial charge in [0.15, 0.2) is 5.82 Å². The highest BCUT2D eigenvalue weighted by Gasteiger charge is 2.18. The molecule has 2 heterocycles. The summed E-state index contributed by atoms with van der Waals surface area (Å²) < 4.78 is 13.5. The lowest BCUT2D eigenvalue weighted by molar-refractivity contribution is 0.200. The molecular weight excluding hydrogens is 328 g/mol. The molecular formula is C15H18N6O2S. The van der Waals surface area contributed by atoms with Gasteiger partial charge in [-0.25, -0.2) is 4.79 Å². The van der Waals surface area contributed by atoms with Crippen molar-refractivity contribution in [3.8, 4) is 0 Å². The monoisotopic (exact) mass is 346 g/mol. The van der Waals surface area contributed by atoms with Gasteiger partial charge in [0.1, 0.15) is 17.1 Å². The highest BCUT2D eigenvalue weighted by molar-refractivity contribution is 7.00. The van der Waals surface area contributed by atoms with Crippen LogP contribution in [0.2, 0.25) is 0 Å². The average molecular weight is 346 g/mol. The molecule has 3 aromatic rings. The van der Waals surface area contributed by atoms with Gasteiger partial charge >= 0.3 is 6.03 Å². The van der Waals surface area contributed by atoms with Gasteiger partial charge in [-0.3, -0.25) is 0 Å². The molecule has 9 heteroatoms. The second-order valence-corrected chi connectivity index (χ2v) is 6.05. The molecule has 0 saturated carbocycles. The molecule has 2 amide bonds. The number of aryl methyl sites for hydroxylation is 1. The molecule has 1 aromatic carbocycles. The van der Waals surface area contributed by atoms with Crippen molar-refractivity contribution in [3.63, 3.8) is 0 Å². The van der Waals surface area contributed by atoms with Crippen molar-refractivity contribution in [2.45, 2.75) is 32.9 Å². The average Bonchev–Trinajstić information content (AvgIpc) is 3.23. The summed E-state index contributed by atoms with van der Waals surface area (Å²) in [6.45, 7) is 4.22. The molecule has 0 spiro atoms. The lowest BCUT2D eigenvalue weighted by Gasteiger charge is -2.20. The predicted molar refractivity (Wildman–Crippen MR) is 89.5 cm³/mol. The molecule has 0 saturated heterocycles. The van der Waals surface area contributed by atoms with Gasteiger partial charge in [-0.2, -0.15) is 13.7 Å². The molecule has 3 rings (SSSR count). The van der Waals surface area contributed by atoms with Crippen LogP contribution in [0.3, 0.4) is 0 Å². The van der Waals surface area contributed by atoms with E-state index >= 15 is 0 Å². The number of benzene rings is 1. The minimum atomic E-state index is -0.349. The number of carbonyl (C=O) groups is 1. The van der Waals surface area contributed by atoms with Gasteiger partial charge in [-0.05, 0) is 24.6 Å². The van der Waals surface area contributed by atoms with E-state index < -0.39 is 0 Å². The van der Waals surface area contributed by atoms with Crippen molar-refractivity contribution in [3.05, 3.63) is 35.5 Å². The molecule has 0 fully saturated rings. The van der Waals surface area contributed by atoms with Crippen molar-refractivity contribution in [2.24, 2.45) is 0 Å². The Balaban J connectivity index is 1.61. The van der Waals surface area contributed by atoms with Crippen LogP contribution in [0.15, 0.2) is 22.7 Å². The third-order valence-electron chi connectivity index (χ3n) is 3.60. The maximum absolute atomic E-state index is 12.3. The van der Waals surface area contributed by atoms with Gasteiger partial charge < -0.3 is 14.7 Å². The van der Waals surface area contributed by atoms with E-state index in [4.69, 9.17) is 4.52 Å². The van der Waals surface area contributed by atoms with Gasteiger partial charge in [0.2, 0.25) is 5.89 Å². The Bertz CT molecular complexity index is 845. The number of hydrogen-bond donors (Lipinski definition) is 1. The second kappa shape index (κ2) is 6.91. The normalized spacial score (nSPS) is 12.3. The summed E-state index contributed by atoms with van der Waals surface area (Å²) in [7, 11) is 1.73. The maximum Gasteiger partial charge on any atom is 0.318 e. The standard InChI is InChI=1S/C15H18N6O2S/c1-4-13-17-14(23-18-13)9(2)16-15(22)21(3)8-10-5-6-11-12(7-10)20-24-19-11/h5-7,9H,4,8H2,1-3H3,(H,16,22). The first-order valence-electron chi connectivity index (χ1n) is 7.62. The molecule has 0 aliphatic carbocycles. The van der Waals surface area contributed by atoms with Crippen LogP contribution in [0.4, 0.5) is 4.79 Å². The topological polar surface area (TPSA) is 97.0 Å². The van der Waals surface area contributed by atoms with Crippen molar-refractivity contribution >= 4 is 28.8 Å². The molecule has 1 N–H and O–H groups in total. The van der Waals surface area contributed by atoms with E-state index in [0.717, 1.165) is 16.6 Å². The number of urea groups is 1. The number of nitrogens with one attached hydrogen (secondary N) is 1. The van der Waals surface area contributed by atoms with Crippen molar-refractivity contribution in [1.29, 1.82) is 0 Å². The Hall–Kier alpha value is -2.55. The van der Waals surface area contributed by atoms with Gasteiger partial charge in [-0.1, -0.05) is 18.1 Å². The van der Waals surface area contributed by atoms with Crippen LogP contribution < -0.4 is 5.32 Å². The number of amides is 2. The highest BCUT2D eigenvalue weighted by Crippen LogP contribution is 2.15. The van der Waals surface area contributed by atoms with Crippen LogP contribution in [-0.4, -0.2) is 36.9 Å². The minimum absolute atomic E-state index is 0.213. The smallest absolute Gasteiger partial charge is 0.318 e. The van der Waals surface area contributed by atoms with Crippen LogP contribution in [0.1, 0.15) is 37.2 Å². The van der Waals surface area contributed by atoms with Crippen molar-refractivity contribution in [2.75, 3.05) is 7.05 Å². The van der Waals surface area contributed by atoms with Crippen LogP contribution in [0.25, 0.3) is 11.0 Å². The molecule has 2 aromatic heterocycles. The number of rotatable bonds is 5. The van der Waals surface area contributed by atoms with Gasteiger partial charge in [0.25, 0.3) is 0 Å². The summed E-state index contributed by atoms with van der Waals surface area (Å²) >= 11 is 1.18. The summed E-state index contributed by atoms with van der Waals surface area (Å²) in [4.78, 5) is 18.1. The number of nitrogens with zero attached hydrogens (tertiary/aromatic N) is 5. The Labute approximate surface area is 143 Å². The molecule has 0 aliphatic rings. The lowest BCUT2D eigenvalue weighted by atomic mass is 10.2. The highest BCUT2D eigenvalue weighted by atomic mass is 32.1. The quantitative estimate of drug-likeness (QED) is 0.762. The summed E-state index contributed by atoms with van der Waals surface area (Å²) in [6.07, 6.45) is 0.692. The fourth-order valence-corrected chi connectivity index (χ4v) is 2.73. The summed E-state index contributed by atoms with van der Waals surface area (Å²) in [5.74, 6) is 1.04. The third-order valence-corrected chi connectivity index (χ3v) is 4.15. The number of hydrogen-bond acceptors (Lipinski definition) is 7. The van der Waals surface area contributed by atoms with E-state index in [2.05, 4.69) is 24.2 Å². The SMILES string of the molecule is CCc1noc(C(C)NC(=O)N(C)Cc2ccc3nsnc3c2)n1. The molecule has 8 nitrogen and oxygen atoms in total. The fourth-order valence-electron chi connectivity index (χ4n) is 2.22. The molecule has 1 unspecified atom stereocenters. The summed E-state index contributed by atoms with van der Waals surface area (Å²) in [5, 5.41) is 6.69. The molecule has 0 bridgehead atoms. The number of aromatic nitrogens is 4. The van der Waals surface area contributed by atoms with Crippen molar-refractivity contribution < 1.29 is 9.32 Å². The van der Waals surface area contributed by atoms with Gasteiger partial charge in [0, 0.05) is 20.0 Å². The fraction of sp³-hybridized carbons (Fsp3) is 0.400. The molecule has 0 radical (unpaired) electrons. The molecule has 126 valence electrons. The number of fused-ring (bicyclic) bond motifs is 1. The summed E-state index contributed by atoms with van der Waals surface area (Å²) in [5.41, 5.74) is 2.71. The lowest BCUT2D eigenvalue weighted by Crippen LogP contribution is -2.38. The maximum atomic E-state index is 12.3. The van der Waals surface area contributed by atoms with E-state index in [9.17, 15) is 4.79 Å². The van der Waals surface area contributed by atoms with Crippen LogP contribution >= 0.6 is 11.7 Å². The zero-order chi connectivity index (χ0) is 17.1. The largest absolute Gasteiger partial charge is 0.337 e. The van der Waals surface area contributed by atoms with E-state index in [0.29, 0.717) is 24.7 Å². The zero-order valence-electron chi connectivity index (χ0n) is 13.7. The number of carbonyl (C=O) groups excluding carboxylic acids is 1. The zero-order valence-corrected chi connectivity index (χ0v) is 14.5. The molecule has 0 aliphatic heterocycles. The summed E-state index contributed by atoms with van der Waals surface area (Å²) in [6, 6.07) is 5.24. The Kier molecular flexibility index (Phi) is 4.70. The molecule has 24 heavy (non-hydrogen) atoms. The second-order valence-electron chi connectivity index (χ2n) is 5.52. The minimum Gasteiger partial charge on any atom is -0.337 e. The van der Waals surface area contributed by atoms with E-state index in [-0.39, 0.29) is 12.1 Å². The van der Waals surface area contributed by atoms with Crippen molar-refractivity contribution in [1.82, 2.24) is 29.1 Å². The van der Waals surface area contributed by atoms with Crippen LogP contribution in [0.5, 0.6) is 0 Å². The predicted octanol–water partition coefficient (Wildman–Crippen LogP) is 2.54. The van der Waals surface area contributed by atoms with E-state index in [1.807, 2.05) is 32.0 Å². The van der Waals surface area contributed by atoms with E-state index in [1.165, 1.54) is 11.7 Å². The Morgan fingerprint density at radius 1 is 1.38 bits per heavy atom. The first-order valence-corrected chi connectivity index (χ1v) is 8.35. The van der Waals surface area contributed by atoms with Gasteiger partial charge in [-0.15, -0.1) is 0 Å². The van der Waals surface area contributed by atoms with E-state index in [1.54, 1.807) is 11.9 Å². The van der Waals surface area contributed by atoms with Gasteiger partial charge in [0.05, 0.1) is 11.7 Å². The van der Waals surface area contributed by atoms with Crippen LogP contribution in [-0.2, 0) is 13.0 Å². The first kappa shape index (κ1) is 16.3. The molecule has 1 atom stereocenters. The third kappa shape index (κ3) is 3.51. The Morgan fingerprint density at radius 2 is 2.17 bits per heavy atom. The first-order chi connectivity index (χ1) is 11.6. The van der Waals surface area contributed by atoms with Crippen LogP contribution in [0, 0.1) is 0 Å².